The van der Waals surface area contributed by atoms with E-state index in [1.165, 1.54) is 25.7 Å². The van der Waals surface area contributed by atoms with Gasteiger partial charge in [0.15, 0.2) is 5.70 Å². The van der Waals surface area contributed by atoms with Crippen LogP contribution in [0.15, 0.2) is 35.8 Å². The van der Waals surface area contributed by atoms with Gasteiger partial charge in [-0.3, -0.25) is 5.43 Å². The second-order valence-corrected chi connectivity index (χ2v) is 5.19. The van der Waals surface area contributed by atoms with E-state index in [1.807, 2.05) is 18.2 Å². The van der Waals surface area contributed by atoms with Crippen molar-refractivity contribution in [1.82, 2.24) is 5.43 Å². The van der Waals surface area contributed by atoms with Crippen molar-refractivity contribution in [3.63, 3.8) is 0 Å². The maximum Gasteiger partial charge on any atom is 0.357 e. The number of carboxylic acid groups (broad SMARTS) is 1. The minimum absolute atomic E-state index is 0.180. The molecule has 0 unspecified atom stereocenters. The first kappa shape index (κ1) is 16.0. The maximum absolute atomic E-state index is 10.9. The molecular formula is C15H22N4O3. The fourth-order valence-corrected chi connectivity index (χ4v) is 2.45. The van der Waals surface area contributed by atoms with Crippen molar-refractivity contribution in [2.45, 2.75) is 25.7 Å². The zero-order valence-corrected chi connectivity index (χ0v) is 12.4. The molecule has 0 radical (unpaired) electrons. The molecule has 120 valence electrons. The summed E-state index contributed by atoms with van der Waals surface area (Å²) in [7, 11) is 0. The van der Waals surface area contributed by atoms with Gasteiger partial charge < -0.3 is 20.5 Å². The van der Waals surface area contributed by atoms with Crippen molar-refractivity contribution < 1.29 is 14.6 Å². The number of aliphatic carboxylic acids is 1. The third-order valence-corrected chi connectivity index (χ3v) is 3.61. The molecule has 1 aromatic rings. The number of benzene rings is 1. The SMILES string of the molecule is NN/C(Oc1cccc(N2CCCCCC2)c1)=C(\N)C(=O)O. The highest BCUT2D eigenvalue weighted by molar-refractivity contribution is 5.85. The number of ether oxygens (including phenoxy) is 1. The van der Waals surface area contributed by atoms with Crippen LogP contribution in [0, 0.1) is 0 Å². The van der Waals surface area contributed by atoms with Crippen LogP contribution >= 0.6 is 0 Å². The highest BCUT2D eigenvalue weighted by Crippen LogP contribution is 2.24. The third-order valence-electron chi connectivity index (χ3n) is 3.61. The lowest BCUT2D eigenvalue weighted by Crippen LogP contribution is -2.31. The lowest BCUT2D eigenvalue weighted by Gasteiger charge is -2.23. The average Bonchev–Trinajstić information content (AvgIpc) is 2.81. The van der Waals surface area contributed by atoms with Crippen LogP contribution in [-0.2, 0) is 4.79 Å². The molecule has 1 aromatic carbocycles. The summed E-state index contributed by atoms with van der Waals surface area (Å²) in [4.78, 5) is 13.2. The normalized spacial score (nSPS) is 16.5. The Hall–Kier alpha value is -2.41. The molecule has 1 saturated heterocycles. The highest BCUT2D eigenvalue weighted by atomic mass is 16.5. The van der Waals surface area contributed by atoms with E-state index in [-0.39, 0.29) is 5.88 Å². The van der Waals surface area contributed by atoms with Crippen molar-refractivity contribution in [3.8, 4) is 5.75 Å². The smallest absolute Gasteiger partial charge is 0.357 e. The first-order chi connectivity index (χ1) is 10.6. The fraction of sp³-hybridized carbons (Fsp3) is 0.400. The molecule has 7 heteroatoms. The third kappa shape index (κ3) is 4.05. The number of hydrogen-bond donors (Lipinski definition) is 4. The minimum atomic E-state index is -1.29. The molecule has 6 N–H and O–H groups in total. The van der Waals surface area contributed by atoms with Gasteiger partial charge in [0, 0.05) is 24.8 Å². The standard InChI is InChI=1S/C15H22N4O3/c16-13(15(20)21)14(18-17)22-12-7-5-6-11(10-12)19-8-3-1-2-4-9-19/h5-7,10,18H,1-4,8-9,16-17H2,(H,20,21)/b14-13+. The maximum atomic E-state index is 10.9. The van der Waals surface area contributed by atoms with Gasteiger partial charge >= 0.3 is 5.97 Å². The monoisotopic (exact) mass is 306 g/mol. The Morgan fingerprint density at radius 3 is 2.50 bits per heavy atom. The van der Waals surface area contributed by atoms with Crippen molar-refractivity contribution >= 4 is 11.7 Å². The predicted octanol–water partition coefficient (Wildman–Crippen LogP) is 1.12. The van der Waals surface area contributed by atoms with E-state index in [1.54, 1.807) is 6.07 Å². The molecule has 1 aliphatic rings. The van der Waals surface area contributed by atoms with E-state index in [9.17, 15) is 4.79 Å². The van der Waals surface area contributed by atoms with Gasteiger partial charge in [-0.1, -0.05) is 18.9 Å². The Morgan fingerprint density at radius 1 is 1.23 bits per heavy atom. The Morgan fingerprint density at radius 2 is 1.91 bits per heavy atom. The van der Waals surface area contributed by atoms with E-state index >= 15 is 0 Å². The lowest BCUT2D eigenvalue weighted by atomic mass is 10.2. The quantitative estimate of drug-likeness (QED) is 0.279. The van der Waals surface area contributed by atoms with Gasteiger partial charge in [-0.2, -0.15) is 0 Å². The van der Waals surface area contributed by atoms with Crippen LogP contribution in [0.1, 0.15) is 25.7 Å². The second kappa shape index (κ2) is 7.56. The summed E-state index contributed by atoms with van der Waals surface area (Å²) >= 11 is 0. The lowest BCUT2D eigenvalue weighted by molar-refractivity contribution is -0.132. The summed E-state index contributed by atoms with van der Waals surface area (Å²) in [5.74, 6) is 4.28. The van der Waals surface area contributed by atoms with Gasteiger partial charge in [0.05, 0.1) is 0 Å². The number of nitrogens with two attached hydrogens (primary N) is 2. The Kier molecular flexibility index (Phi) is 5.48. The van der Waals surface area contributed by atoms with Crippen molar-refractivity contribution in [2.75, 3.05) is 18.0 Å². The summed E-state index contributed by atoms with van der Waals surface area (Å²) < 4.78 is 5.46. The van der Waals surface area contributed by atoms with Crippen LogP contribution in [0.4, 0.5) is 5.69 Å². The molecule has 0 bridgehead atoms. The molecule has 1 fully saturated rings. The number of hydrogen-bond acceptors (Lipinski definition) is 6. The Balaban J connectivity index is 2.17. The number of carboxylic acids is 1. The topological polar surface area (TPSA) is 114 Å². The molecule has 22 heavy (non-hydrogen) atoms. The van der Waals surface area contributed by atoms with Gasteiger partial charge in [0.2, 0.25) is 5.88 Å². The molecule has 0 atom stereocenters. The summed E-state index contributed by atoms with van der Waals surface area (Å²) in [6, 6.07) is 7.46. The van der Waals surface area contributed by atoms with Crippen molar-refractivity contribution in [1.29, 1.82) is 0 Å². The fourth-order valence-electron chi connectivity index (χ4n) is 2.45. The number of hydrazine groups is 1. The first-order valence-electron chi connectivity index (χ1n) is 7.34. The highest BCUT2D eigenvalue weighted by Gasteiger charge is 2.14. The first-order valence-corrected chi connectivity index (χ1v) is 7.34. The van der Waals surface area contributed by atoms with Crippen LogP contribution < -0.4 is 26.6 Å². The van der Waals surface area contributed by atoms with Crippen LogP contribution in [0.3, 0.4) is 0 Å². The molecule has 0 saturated carbocycles. The second-order valence-electron chi connectivity index (χ2n) is 5.19. The van der Waals surface area contributed by atoms with Gasteiger partial charge in [-0.25, -0.2) is 10.6 Å². The zero-order valence-electron chi connectivity index (χ0n) is 12.4. The molecule has 7 nitrogen and oxygen atoms in total. The molecule has 2 rings (SSSR count). The number of nitrogens with zero attached hydrogens (tertiary/aromatic N) is 1. The molecule has 0 spiro atoms. The number of rotatable bonds is 5. The molecule has 0 aliphatic carbocycles. The van der Waals surface area contributed by atoms with E-state index < -0.39 is 11.7 Å². The van der Waals surface area contributed by atoms with Crippen LogP contribution in [0.5, 0.6) is 5.75 Å². The van der Waals surface area contributed by atoms with E-state index in [0.717, 1.165) is 18.8 Å². The predicted molar refractivity (Wildman–Crippen MR) is 83.9 cm³/mol. The van der Waals surface area contributed by atoms with Crippen LogP contribution in [-0.4, -0.2) is 24.2 Å². The summed E-state index contributed by atoms with van der Waals surface area (Å²) in [6.07, 6.45) is 4.86. The number of anilines is 1. The number of nitrogens with one attached hydrogen (secondary N) is 1. The zero-order chi connectivity index (χ0) is 15.9. The number of carbonyl (C=O) groups is 1. The molecule has 0 aromatic heterocycles. The largest absolute Gasteiger partial charge is 0.476 e. The summed E-state index contributed by atoms with van der Waals surface area (Å²) in [5.41, 5.74) is 8.18. The van der Waals surface area contributed by atoms with Crippen molar-refractivity contribution in [3.05, 3.63) is 35.8 Å². The van der Waals surface area contributed by atoms with E-state index in [2.05, 4.69) is 10.3 Å². The van der Waals surface area contributed by atoms with E-state index in [0.29, 0.717) is 5.75 Å². The molecule has 1 heterocycles. The van der Waals surface area contributed by atoms with Gasteiger partial charge in [-0.15, -0.1) is 0 Å². The van der Waals surface area contributed by atoms with Gasteiger partial charge in [0.25, 0.3) is 0 Å². The van der Waals surface area contributed by atoms with Crippen LogP contribution in [0.25, 0.3) is 0 Å². The Bertz CT molecular complexity index is 551. The average molecular weight is 306 g/mol. The van der Waals surface area contributed by atoms with E-state index in [4.69, 9.17) is 21.4 Å². The summed E-state index contributed by atoms with van der Waals surface area (Å²) in [5, 5.41) is 8.88. The summed E-state index contributed by atoms with van der Waals surface area (Å²) in [6.45, 7) is 2.02. The molecule has 1 aliphatic heterocycles. The minimum Gasteiger partial charge on any atom is -0.476 e. The molecule has 0 amide bonds. The molecular weight excluding hydrogens is 284 g/mol. The van der Waals surface area contributed by atoms with Crippen LogP contribution in [0.2, 0.25) is 0 Å². The van der Waals surface area contributed by atoms with Gasteiger partial charge in [-0.05, 0) is 25.0 Å². The van der Waals surface area contributed by atoms with Gasteiger partial charge in [0.1, 0.15) is 5.75 Å². The Labute approximate surface area is 129 Å². The van der Waals surface area contributed by atoms with Crippen molar-refractivity contribution in [2.24, 2.45) is 11.6 Å².